The quantitative estimate of drug-likeness (QED) is 0.355. The maximum Gasteiger partial charge on any atom is 0.239 e. The van der Waals surface area contributed by atoms with Crippen molar-refractivity contribution in [2.45, 2.75) is 0 Å². The second-order valence-corrected chi connectivity index (χ2v) is 3.33. The van der Waals surface area contributed by atoms with Gasteiger partial charge in [-0.1, -0.05) is 0 Å². The van der Waals surface area contributed by atoms with Crippen LogP contribution in [-0.2, 0) is 0 Å². The zero-order valence-corrected chi connectivity index (χ0v) is 7.88. The lowest BCUT2D eigenvalue weighted by molar-refractivity contribution is 0.882. The molecule has 0 aromatic rings. The predicted molar refractivity (Wildman–Crippen MR) is 75.9 cm³/mol. The summed E-state index contributed by atoms with van der Waals surface area (Å²) in [5, 5.41) is 0. The van der Waals surface area contributed by atoms with Crippen LogP contribution in [0.4, 0.5) is 4.32 Å². The Kier molecular flexibility index (Phi) is 6.73. The molecule has 0 fully saturated rings. The molecule has 0 aromatic heterocycles. The van der Waals surface area contributed by atoms with E-state index in [1.54, 1.807) is 0 Å². The van der Waals surface area contributed by atoms with E-state index in [0.29, 0.717) is 0 Å². The Morgan fingerprint density at radius 1 is 0.643 bits per heavy atom. The van der Waals surface area contributed by atoms with Crippen molar-refractivity contribution in [2.75, 3.05) is 0 Å². The van der Waals surface area contributed by atoms with E-state index >= 15 is 0 Å². The predicted octanol–water partition coefficient (Wildman–Crippen LogP) is -4.53. The molecule has 46 valence electrons. The summed E-state index contributed by atoms with van der Waals surface area (Å²) >= 11 is 0. The molecule has 14 heteroatoms. The van der Waals surface area contributed by atoms with Crippen molar-refractivity contribution in [3.8, 4) is 0 Å². The molecule has 0 saturated carbocycles. The minimum atomic E-state index is -1.63. The lowest BCUT2D eigenvalue weighted by Crippen LogP contribution is -2.68. The van der Waals surface area contributed by atoms with Crippen LogP contribution in [0.2, 0.25) is 0 Å². The molecular weight excluding hydrogens is 160 g/mol. The van der Waals surface area contributed by atoms with Crippen LogP contribution in [0.3, 0.4) is 0 Å². The molecule has 0 amide bonds. The third-order valence-corrected chi connectivity index (χ3v) is 2.07. The molecule has 14 radical (unpaired) electrons. The molecule has 0 aliphatic rings. The van der Waals surface area contributed by atoms with Gasteiger partial charge in [-0.3, -0.25) is 0 Å². The summed E-state index contributed by atoms with van der Waals surface area (Å²) in [5.74, 6) is 0. The smallest absolute Gasteiger partial charge is 0.239 e. The van der Waals surface area contributed by atoms with Crippen LogP contribution in [0.25, 0.3) is 0 Å². The number of halogens is 1. The summed E-state index contributed by atoms with van der Waals surface area (Å²) in [5.41, 5.74) is 0. The molecule has 14 heavy (non-hydrogen) atoms. The molecule has 0 nitrogen and oxygen atoms in total. The fraction of sp³-hybridized carbons (Fsp3) is 0. The van der Waals surface area contributed by atoms with Gasteiger partial charge in [0.1, 0.15) is 0 Å². The van der Waals surface area contributed by atoms with Crippen molar-refractivity contribution < 1.29 is 4.32 Å². The molecule has 0 aromatic carbocycles. The molecule has 0 aliphatic heterocycles. The first-order valence-corrected chi connectivity index (χ1v) is 4.22. The molecule has 0 heterocycles. The first-order chi connectivity index (χ1) is 6.29. The molecule has 0 unspecified atom stereocenters. The number of rotatable bonds is 5. The summed E-state index contributed by atoms with van der Waals surface area (Å²) in [6, 6.07) is 0. The fourth-order valence-corrected chi connectivity index (χ4v) is 1.15. The van der Waals surface area contributed by atoms with Gasteiger partial charge in [-0.15, -0.1) is 0 Å². The largest absolute Gasteiger partial charge is 0.361 e. The Labute approximate surface area is 97.4 Å². The first kappa shape index (κ1) is 14.8. The summed E-state index contributed by atoms with van der Waals surface area (Å²) in [6.45, 7) is -1.63. The van der Waals surface area contributed by atoms with Crippen LogP contribution in [-0.4, -0.2) is 92.9 Å². The van der Waals surface area contributed by atoms with Crippen LogP contribution >= 0.6 is 0 Å². The van der Waals surface area contributed by atoms with Gasteiger partial charge in [0.25, 0.3) is 0 Å². The highest BCUT2D eigenvalue weighted by molar-refractivity contribution is 8.03. The maximum absolute atomic E-state index is 13.6. The van der Waals surface area contributed by atoms with Gasteiger partial charge < -0.3 is 4.32 Å². The Balaban J connectivity index is 4.51. The summed E-state index contributed by atoms with van der Waals surface area (Å²) in [4.78, 5) is 0. The SMILES string of the molecule is [B]B([B])B([B])B(F)B(B([B])[B])B([B])[B]. The van der Waals surface area contributed by atoms with E-state index in [4.69, 9.17) is 54.2 Å². The second-order valence-electron chi connectivity index (χ2n) is 3.33. The molecule has 0 rings (SSSR count). The number of hydrogen-bond donors (Lipinski definition) is 0. The van der Waals surface area contributed by atoms with Gasteiger partial charge in [-0.2, -0.15) is 0 Å². The van der Waals surface area contributed by atoms with Gasteiger partial charge in [0.05, 0.1) is 12.8 Å². The summed E-state index contributed by atoms with van der Waals surface area (Å²) < 4.78 is 13.6. The third kappa shape index (κ3) is 4.10. The Morgan fingerprint density at radius 3 is 1.21 bits per heavy atom. The zero-order chi connectivity index (χ0) is 11.5. The lowest BCUT2D eigenvalue weighted by Gasteiger charge is -2.27. The Morgan fingerprint density at radius 2 is 1.00 bits per heavy atom. The molecule has 0 saturated heterocycles. The standard InChI is InChI=1S/B13F/c1-8(2)11(7)13(14)12(9(3)4)10(5)6. The van der Waals surface area contributed by atoms with E-state index < -0.39 is 38.7 Å². The Hall–Kier alpha value is 0.774. The highest BCUT2D eigenvalue weighted by Gasteiger charge is 2.39. The van der Waals surface area contributed by atoms with Crippen molar-refractivity contribution >= 4 is 92.9 Å². The van der Waals surface area contributed by atoms with E-state index in [2.05, 4.69) is 0 Å². The van der Waals surface area contributed by atoms with Crippen molar-refractivity contribution in [2.24, 2.45) is 0 Å². The van der Waals surface area contributed by atoms with E-state index in [-0.39, 0.29) is 0 Å². The molecule has 0 atom stereocenters. The molecule has 0 aliphatic carbocycles. The van der Waals surface area contributed by atoms with Gasteiger partial charge >= 0.3 is 0 Å². The van der Waals surface area contributed by atoms with Crippen molar-refractivity contribution in [3.05, 3.63) is 0 Å². The van der Waals surface area contributed by atoms with E-state index in [0.717, 1.165) is 0 Å². The first-order valence-electron chi connectivity index (χ1n) is 4.22. The topological polar surface area (TPSA) is 0 Å². The minimum absolute atomic E-state index is 0.973. The molecular formula is B13F. The van der Waals surface area contributed by atoms with Crippen molar-refractivity contribution in [1.29, 1.82) is 0 Å². The highest BCUT2D eigenvalue weighted by atomic mass is 19.1. The number of hydrogen-bond acceptors (Lipinski definition) is 0. The van der Waals surface area contributed by atoms with Crippen LogP contribution in [0.1, 0.15) is 0 Å². The van der Waals surface area contributed by atoms with Crippen LogP contribution in [0.15, 0.2) is 0 Å². The molecule has 0 N–H and O–H groups in total. The van der Waals surface area contributed by atoms with Gasteiger partial charge in [0.15, 0.2) is 0 Å². The monoisotopic (exact) mass is 162 g/mol. The fourth-order valence-electron chi connectivity index (χ4n) is 1.15. The van der Waals surface area contributed by atoms with Gasteiger partial charge in [-0.25, -0.2) is 0 Å². The van der Waals surface area contributed by atoms with Crippen molar-refractivity contribution in [3.63, 3.8) is 0 Å². The average molecular weight is 160 g/mol. The second kappa shape index (κ2) is 6.38. The van der Waals surface area contributed by atoms with E-state index in [9.17, 15) is 4.32 Å². The summed E-state index contributed by atoms with van der Waals surface area (Å²) in [7, 11) is 37.1. The summed E-state index contributed by atoms with van der Waals surface area (Å²) in [6.07, 6.45) is -5.08. The van der Waals surface area contributed by atoms with Crippen molar-refractivity contribution in [1.82, 2.24) is 0 Å². The average Bonchev–Trinajstić information content (AvgIpc) is 2.01. The normalized spacial score (nSPS) is 8.93. The van der Waals surface area contributed by atoms with Crippen LogP contribution in [0.5, 0.6) is 0 Å². The Bertz CT molecular complexity index is 141. The molecule has 0 spiro atoms. The lowest BCUT2D eigenvalue weighted by atomic mass is 8.55. The van der Waals surface area contributed by atoms with Gasteiger partial charge in [0.2, 0.25) is 6.77 Å². The maximum atomic E-state index is 13.6. The minimum Gasteiger partial charge on any atom is -0.361 e. The zero-order valence-electron chi connectivity index (χ0n) is 7.88. The third-order valence-electron chi connectivity index (χ3n) is 2.07. The highest BCUT2D eigenvalue weighted by Crippen LogP contribution is 1.99. The van der Waals surface area contributed by atoms with Crippen LogP contribution in [0, 0.1) is 0 Å². The van der Waals surface area contributed by atoms with E-state index in [1.165, 1.54) is 0 Å². The van der Waals surface area contributed by atoms with E-state index in [1.807, 2.05) is 0 Å². The van der Waals surface area contributed by atoms with Gasteiger partial charge in [0, 0.05) is 73.3 Å². The molecule has 0 bridgehead atoms. The van der Waals surface area contributed by atoms with Gasteiger partial charge in [-0.05, 0) is 0 Å². The van der Waals surface area contributed by atoms with Crippen LogP contribution < -0.4 is 0 Å².